The fourth-order valence-electron chi connectivity index (χ4n) is 2.73. The summed E-state index contributed by atoms with van der Waals surface area (Å²) in [4.78, 5) is 15.6. The van der Waals surface area contributed by atoms with E-state index >= 15 is 0 Å². The molecule has 1 aromatic carbocycles. The molecule has 1 aliphatic heterocycles. The molecule has 0 bridgehead atoms. The summed E-state index contributed by atoms with van der Waals surface area (Å²) in [5, 5.41) is 0.752. The van der Waals surface area contributed by atoms with E-state index in [0.717, 1.165) is 35.8 Å². The van der Waals surface area contributed by atoms with Gasteiger partial charge < -0.3 is 15.4 Å². The molecular weight excluding hydrogens is 302 g/mol. The maximum absolute atomic E-state index is 11.3. The van der Waals surface area contributed by atoms with Crippen molar-refractivity contribution in [3.63, 3.8) is 0 Å². The molecule has 1 aliphatic rings. The van der Waals surface area contributed by atoms with Crippen LogP contribution in [0.25, 0.3) is 0 Å². The predicted molar refractivity (Wildman–Crippen MR) is 87.9 cm³/mol. The van der Waals surface area contributed by atoms with E-state index in [1.54, 1.807) is 0 Å². The molecule has 2 rings (SSSR count). The van der Waals surface area contributed by atoms with Crippen LogP contribution in [0.15, 0.2) is 18.2 Å². The van der Waals surface area contributed by atoms with Crippen LogP contribution >= 0.6 is 11.6 Å². The van der Waals surface area contributed by atoms with Crippen molar-refractivity contribution < 1.29 is 9.53 Å². The van der Waals surface area contributed by atoms with Gasteiger partial charge in [-0.15, -0.1) is 0 Å². The molecular formula is C16H24ClN3O2. The Morgan fingerprint density at radius 1 is 1.55 bits per heavy atom. The minimum atomic E-state index is -0.324. The number of rotatable bonds is 6. The van der Waals surface area contributed by atoms with Gasteiger partial charge in [0.05, 0.1) is 19.3 Å². The van der Waals surface area contributed by atoms with E-state index in [1.165, 1.54) is 0 Å². The van der Waals surface area contributed by atoms with Gasteiger partial charge in [-0.1, -0.05) is 23.7 Å². The van der Waals surface area contributed by atoms with Crippen LogP contribution in [0.1, 0.15) is 11.1 Å². The van der Waals surface area contributed by atoms with Crippen molar-refractivity contribution >= 4 is 17.5 Å². The summed E-state index contributed by atoms with van der Waals surface area (Å²) in [7, 11) is 2.08. The average Bonchev–Trinajstić information content (AvgIpc) is 2.42. The van der Waals surface area contributed by atoms with Gasteiger partial charge in [-0.25, -0.2) is 0 Å². The second-order valence-corrected chi connectivity index (χ2v) is 6.38. The van der Waals surface area contributed by atoms with Crippen LogP contribution in [0.2, 0.25) is 5.02 Å². The lowest BCUT2D eigenvalue weighted by Crippen LogP contribution is -2.47. The lowest BCUT2D eigenvalue weighted by atomic mass is 10.1. The van der Waals surface area contributed by atoms with E-state index in [2.05, 4.69) is 11.9 Å². The number of carbonyl (C=O) groups excluding carboxylic acids is 1. The van der Waals surface area contributed by atoms with Gasteiger partial charge in [0.25, 0.3) is 0 Å². The third-order valence-corrected chi connectivity index (χ3v) is 4.24. The zero-order valence-electron chi connectivity index (χ0n) is 13.2. The number of aryl methyl sites for hydroxylation is 1. The fraction of sp³-hybridized carbons (Fsp3) is 0.562. The SMILES string of the molecule is Cc1cc(CN(CC(N)=O)C[C@H]2CN(C)CCO2)ccc1Cl. The number of benzene rings is 1. The zero-order chi connectivity index (χ0) is 16.1. The van der Waals surface area contributed by atoms with E-state index in [0.29, 0.717) is 13.1 Å². The van der Waals surface area contributed by atoms with Crippen LogP contribution in [0.3, 0.4) is 0 Å². The minimum absolute atomic E-state index is 0.103. The molecule has 0 radical (unpaired) electrons. The first-order chi connectivity index (χ1) is 10.4. The Labute approximate surface area is 137 Å². The Morgan fingerprint density at radius 2 is 2.32 bits per heavy atom. The summed E-state index contributed by atoms with van der Waals surface area (Å²) in [6.45, 7) is 6.09. The summed E-state index contributed by atoms with van der Waals surface area (Å²) < 4.78 is 5.78. The summed E-state index contributed by atoms with van der Waals surface area (Å²) in [6.07, 6.45) is 0.103. The summed E-state index contributed by atoms with van der Waals surface area (Å²) in [6, 6.07) is 5.92. The molecule has 1 atom stereocenters. The quantitative estimate of drug-likeness (QED) is 0.855. The van der Waals surface area contributed by atoms with E-state index in [1.807, 2.05) is 30.0 Å². The normalized spacial score (nSPS) is 19.5. The van der Waals surface area contributed by atoms with Crippen molar-refractivity contribution in [3.8, 4) is 0 Å². The fourth-order valence-corrected chi connectivity index (χ4v) is 2.85. The number of nitrogens with two attached hydrogens (primary N) is 1. The topological polar surface area (TPSA) is 58.8 Å². The average molecular weight is 326 g/mol. The molecule has 1 fully saturated rings. The lowest BCUT2D eigenvalue weighted by Gasteiger charge is -2.33. The number of morpholine rings is 1. The van der Waals surface area contributed by atoms with Gasteiger partial charge >= 0.3 is 0 Å². The van der Waals surface area contributed by atoms with Gasteiger partial charge in [-0.3, -0.25) is 9.69 Å². The van der Waals surface area contributed by atoms with E-state index in [9.17, 15) is 4.79 Å². The summed E-state index contributed by atoms with van der Waals surface area (Å²) in [5.41, 5.74) is 7.53. The van der Waals surface area contributed by atoms with Gasteiger partial charge in [-0.2, -0.15) is 0 Å². The number of ether oxygens (including phenoxy) is 1. The molecule has 1 amide bonds. The third kappa shape index (κ3) is 5.25. The van der Waals surface area contributed by atoms with Crippen LogP contribution in [-0.4, -0.2) is 61.6 Å². The van der Waals surface area contributed by atoms with E-state index in [4.69, 9.17) is 22.1 Å². The summed E-state index contributed by atoms with van der Waals surface area (Å²) >= 11 is 6.06. The number of carbonyl (C=O) groups is 1. The molecule has 0 saturated carbocycles. The van der Waals surface area contributed by atoms with Gasteiger partial charge in [0.1, 0.15) is 0 Å². The Bertz CT molecular complexity index is 524. The number of primary amides is 1. The van der Waals surface area contributed by atoms with Crippen LogP contribution in [0, 0.1) is 6.92 Å². The van der Waals surface area contributed by atoms with Gasteiger partial charge in [0.2, 0.25) is 5.91 Å². The molecule has 0 aliphatic carbocycles. The molecule has 0 aromatic heterocycles. The maximum atomic E-state index is 11.3. The van der Waals surface area contributed by atoms with Crippen molar-refractivity contribution in [2.24, 2.45) is 5.73 Å². The van der Waals surface area contributed by atoms with Gasteiger partial charge in [0, 0.05) is 31.2 Å². The largest absolute Gasteiger partial charge is 0.374 e. The van der Waals surface area contributed by atoms with E-state index < -0.39 is 0 Å². The highest BCUT2D eigenvalue weighted by molar-refractivity contribution is 6.31. The number of likely N-dealkylation sites (N-methyl/N-ethyl adjacent to an activating group) is 1. The molecule has 1 aromatic rings. The number of hydrogen-bond donors (Lipinski definition) is 1. The van der Waals surface area contributed by atoms with Crippen LogP contribution in [-0.2, 0) is 16.1 Å². The molecule has 0 spiro atoms. The highest BCUT2D eigenvalue weighted by atomic mass is 35.5. The second kappa shape index (κ2) is 7.92. The Balaban J connectivity index is 2.01. The number of nitrogens with zero attached hydrogens (tertiary/aromatic N) is 2. The standard InChI is InChI=1S/C16H24ClN3O2/c1-12-7-13(3-4-15(12)17)8-20(11-16(18)21)10-14-9-19(2)5-6-22-14/h3-4,7,14H,5-6,8-11H2,1-2H3,(H2,18,21)/t14-/m1/s1. The van der Waals surface area contributed by atoms with Crippen molar-refractivity contribution in [1.82, 2.24) is 9.80 Å². The van der Waals surface area contributed by atoms with Gasteiger partial charge in [-0.05, 0) is 31.2 Å². The van der Waals surface area contributed by atoms with Crippen molar-refractivity contribution in [1.29, 1.82) is 0 Å². The zero-order valence-corrected chi connectivity index (χ0v) is 14.0. The molecule has 22 heavy (non-hydrogen) atoms. The third-order valence-electron chi connectivity index (χ3n) is 3.81. The highest BCUT2D eigenvalue weighted by Crippen LogP contribution is 2.18. The summed E-state index contributed by atoms with van der Waals surface area (Å²) in [5.74, 6) is -0.324. The first-order valence-electron chi connectivity index (χ1n) is 7.50. The molecule has 1 saturated heterocycles. The molecule has 6 heteroatoms. The highest BCUT2D eigenvalue weighted by Gasteiger charge is 2.21. The predicted octanol–water partition coefficient (Wildman–Crippen LogP) is 1.27. The molecule has 5 nitrogen and oxygen atoms in total. The second-order valence-electron chi connectivity index (χ2n) is 5.97. The van der Waals surface area contributed by atoms with E-state index in [-0.39, 0.29) is 18.6 Å². The lowest BCUT2D eigenvalue weighted by molar-refractivity contribution is -0.120. The smallest absolute Gasteiger partial charge is 0.231 e. The van der Waals surface area contributed by atoms with Crippen molar-refractivity contribution in [2.45, 2.75) is 19.6 Å². The molecule has 2 N–H and O–H groups in total. The Morgan fingerprint density at radius 3 is 2.95 bits per heavy atom. The number of hydrogen-bond acceptors (Lipinski definition) is 4. The van der Waals surface area contributed by atoms with Gasteiger partial charge in [0.15, 0.2) is 0 Å². The van der Waals surface area contributed by atoms with Crippen LogP contribution < -0.4 is 5.73 Å². The molecule has 122 valence electrons. The minimum Gasteiger partial charge on any atom is -0.374 e. The molecule has 1 heterocycles. The first-order valence-corrected chi connectivity index (χ1v) is 7.87. The Kier molecular flexibility index (Phi) is 6.20. The van der Waals surface area contributed by atoms with Crippen LogP contribution in [0.4, 0.5) is 0 Å². The monoisotopic (exact) mass is 325 g/mol. The first kappa shape index (κ1) is 17.2. The van der Waals surface area contributed by atoms with Crippen LogP contribution in [0.5, 0.6) is 0 Å². The molecule has 0 unspecified atom stereocenters. The maximum Gasteiger partial charge on any atom is 0.231 e. The Hall–Kier alpha value is -1.14. The van der Waals surface area contributed by atoms with Crippen molar-refractivity contribution in [2.75, 3.05) is 39.8 Å². The number of amides is 1. The van der Waals surface area contributed by atoms with Crippen molar-refractivity contribution in [3.05, 3.63) is 34.3 Å². The number of halogens is 1.